The van der Waals surface area contributed by atoms with Crippen LogP contribution >= 0.6 is 0 Å². The van der Waals surface area contributed by atoms with Crippen LogP contribution in [0.3, 0.4) is 0 Å². The van der Waals surface area contributed by atoms with Gasteiger partial charge in [0.2, 0.25) is 5.91 Å². The lowest BCUT2D eigenvalue weighted by Crippen LogP contribution is -2.13. The smallest absolute Gasteiger partial charge is 0.224 e. The molecule has 9 heteroatoms. The van der Waals surface area contributed by atoms with E-state index in [-0.39, 0.29) is 24.5 Å². The number of ketones is 1. The zero-order valence-corrected chi connectivity index (χ0v) is 15.6. The van der Waals surface area contributed by atoms with Crippen molar-refractivity contribution in [1.29, 1.82) is 0 Å². The molecule has 0 bridgehead atoms. The summed E-state index contributed by atoms with van der Waals surface area (Å²) in [5, 5.41) is 13.7. The Morgan fingerprint density at radius 3 is 2.55 bits per heavy atom. The van der Waals surface area contributed by atoms with E-state index < -0.39 is 0 Å². The van der Waals surface area contributed by atoms with Gasteiger partial charge in [0.1, 0.15) is 6.33 Å². The highest BCUT2D eigenvalue weighted by atomic mass is 16.5. The van der Waals surface area contributed by atoms with Crippen LogP contribution in [0.15, 0.2) is 48.8 Å². The molecule has 1 N–H and O–H groups in total. The Morgan fingerprint density at radius 1 is 1.00 bits per heavy atom. The zero-order valence-electron chi connectivity index (χ0n) is 15.6. The van der Waals surface area contributed by atoms with E-state index in [4.69, 9.17) is 9.47 Å². The lowest BCUT2D eigenvalue weighted by Gasteiger charge is -2.09. The Balaban J connectivity index is 1.31. The van der Waals surface area contributed by atoms with Crippen molar-refractivity contribution >= 4 is 17.4 Å². The molecule has 1 aliphatic heterocycles. The number of carbonyl (C=O) groups is 2. The van der Waals surface area contributed by atoms with Crippen molar-refractivity contribution in [2.24, 2.45) is 0 Å². The van der Waals surface area contributed by atoms with Crippen LogP contribution in [0.2, 0.25) is 0 Å². The molecular weight excluding hydrogens is 374 g/mol. The molecule has 0 saturated heterocycles. The highest BCUT2D eigenvalue weighted by Crippen LogP contribution is 2.30. The van der Waals surface area contributed by atoms with Gasteiger partial charge in [-0.05, 0) is 52.9 Å². The van der Waals surface area contributed by atoms with Crippen molar-refractivity contribution in [2.75, 3.05) is 18.5 Å². The number of rotatable bonds is 6. The van der Waals surface area contributed by atoms with Crippen LogP contribution in [0, 0.1) is 0 Å². The Labute approximate surface area is 166 Å². The molecule has 0 unspecified atom stereocenters. The fourth-order valence-electron chi connectivity index (χ4n) is 2.91. The third kappa shape index (κ3) is 4.57. The van der Waals surface area contributed by atoms with Gasteiger partial charge in [0.05, 0.1) is 18.9 Å². The van der Waals surface area contributed by atoms with Gasteiger partial charge in [0.15, 0.2) is 17.3 Å². The third-order valence-electron chi connectivity index (χ3n) is 4.41. The Hall–Kier alpha value is -3.75. The molecule has 3 aromatic rings. The summed E-state index contributed by atoms with van der Waals surface area (Å²) in [5.41, 5.74) is 1.92. The summed E-state index contributed by atoms with van der Waals surface area (Å²) in [5.74, 6) is 0.857. The summed E-state index contributed by atoms with van der Waals surface area (Å²) in [6.45, 7) is 1.15. The molecule has 0 saturated carbocycles. The van der Waals surface area contributed by atoms with E-state index in [0.29, 0.717) is 36.0 Å². The summed E-state index contributed by atoms with van der Waals surface area (Å²) < 4.78 is 12.7. The maximum absolute atomic E-state index is 12.5. The first kappa shape index (κ1) is 18.6. The van der Waals surface area contributed by atoms with Gasteiger partial charge >= 0.3 is 0 Å². The largest absolute Gasteiger partial charge is 0.490 e. The van der Waals surface area contributed by atoms with Crippen LogP contribution < -0.4 is 14.8 Å². The summed E-state index contributed by atoms with van der Waals surface area (Å²) in [6.07, 6.45) is 2.48. The first-order valence-electron chi connectivity index (χ1n) is 9.25. The SMILES string of the molecule is O=C(CCC(=O)c1ccc2c(c1)OCCCO2)Nc1ccc(-n2cnnn2)cc1. The second kappa shape index (κ2) is 8.51. The third-order valence-corrected chi connectivity index (χ3v) is 4.41. The number of nitrogens with one attached hydrogen (secondary N) is 1. The minimum atomic E-state index is -0.233. The van der Waals surface area contributed by atoms with E-state index in [2.05, 4.69) is 20.8 Å². The van der Waals surface area contributed by atoms with Crippen LogP contribution in [0.5, 0.6) is 11.5 Å². The van der Waals surface area contributed by atoms with Gasteiger partial charge in [-0.1, -0.05) is 0 Å². The summed E-state index contributed by atoms with van der Waals surface area (Å²) in [6, 6.07) is 12.2. The molecular formula is C20H19N5O4. The van der Waals surface area contributed by atoms with Gasteiger partial charge in [-0.25, -0.2) is 4.68 Å². The number of amides is 1. The second-order valence-corrected chi connectivity index (χ2v) is 6.48. The van der Waals surface area contributed by atoms with E-state index in [9.17, 15) is 9.59 Å². The van der Waals surface area contributed by atoms with Gasteiger partial charge in [-0.2, -0.15) is 0 Å². The van der Waals surface area contributed by atoms with Gasteiger partial charge < -0.3 is 14.8 Å². The summed E-state index contributed by atoms with van der Waals surface area (Å²) in [7, 11) is 0. The van der Waals surface area contributed by atoms with Crippen molar-refractivity contribution in [3.8, 4) is 17.2 Å². The number of nitrogens with zero attached hydrogens (tertiary/aromatic N) is 4. The average Bonchev–Trinajstić information content (AvgIpc) is 3.18. The normalized spacial score (nSPS) is 12.8. The minimum absolute atomic E-state index is 0.0853. The highest BCUT2D eigenvalue weighted by Gasteiger charge is 2.15. The number of fused-ring (bicyclic) bond motifs is 1. The monoisotopic (exact) mass is 393 g/mol. The van der Waals surface area contributed by atoms with E-state index in [1.807, 2.05) is 0 Å². The fraction of sp³-hybridized carbons (Fsp3) is 0.250. The van der Waals surface area contributed by atoms with Crippen LogP contribution in [0.25, 0.3) is 5.69 Å². The van der Waals surface area contributed by atoms with Crippen LogP contribution in [-0.4, -0.2) is 45.1 Å². The Bertz CT molecular complexity index is 1000. The molecule has 4 rings (SSSR count). The maximum atomic E-state index is 12.5. The van der Waals surface area contributed by atoms with E-state index in [1.54, 1.807) is 42.5 Å². The molecule has 148 valence electrons. The number of carbonyl (C=O) groups excluding carboxylic acids is 2. The lowest BCUT2D eigenvalue weighted by molar-refractivity contribution is -0.116. The van der Waals surface area contributed by atoms with E-state index >= 15 is 0 Å². The Kier molecular flexibility index (Phi) is 5.46. The zero-order chi connectivity index (χ0) is 20.1. The molecule has 0 spiro atoms. The van der Waals surface area contributed by atoms with Crippen molar-refractivity contribution in [2.45, 2.75) is 19.3 Å². The predicted octanol–water partition coefficient (Wildman–Crippen LogP) is 2.43. The molecule has 0 atom stereocenters. The van der Waals surface area contributed by atoms with Crippen molar-refractivity contribution < 1.29 is 19.1 Å². The van der Waals surface area contributed by atoms with Crippen molar-refractivity contribution in [3.63, 3.8) is 0 Å². The molecule has 0 radical (unpaired) electrons. The molecule has 29 heavy (non-hydrogen) atoms. The van der Waals surface area contributed by atoms with E-state index in [0.717, 1.165) is 12.1 Å². The number of hydrogen-bond donors (Lipinski definition) is 1. The standard InChI is InChI=1S/C20H19N5O4/c26-17(14-2-8-18-19(12-14)29-11-1-10-28-18)7-9-20(27)22-15-3-5-16(6-4-15)25-13-21-23-24-25/h2-6,8,12-13H,1,7,9-11H2,(H,22,27). The van der Waals surface area contributed by atoms with Gasteiger partial charge in [-0.15, -0.1) is 5.10 Å². The predicted molar refractivity (Wildman–Crippen MR) is 103 cm³/mol. The quantitative estimate of drug-likeness (QED) is 0.641. The number of Topliss-reactive ketones (excluding diaryl/α,β-unsaturated/α-hetero) is 1. The molecule has 1 amide bonds. The summed E-state index contributed by atoms with van der Waals surface area (Å²) >= 11 is 0. The molecule has 0 fully saturated rings. The molecule has 1 aromatic heterocycles. The van der Waals surface area contributed by atoms with Crippen molar-refractivity contribution in [1.82, 2.24) is 20.2 Å². The van der Waals surface area contributed by atoms with Gasteiger partial charge in [0, 0.05) is 30.5 Å². The maximum Gasteiger partial charge on any atom is 0.224 e. The minimum Gasteiger partial charge on any atom is -0.490 e. The van der Waals surface area contributed by atoms with Gasteiger partial charge in [-0.3, -0.25) is 9.59 Å². The molecule has 0 aliphatic carbocycles. The van der Waals surface area contributed by atoms with Crippen molar-refractivity contribution in [3.05, 3.63) is 54.4 Å². The topological polar surface area (TPSA) is 108 Å². The number of aromatic nitrogens is 4. The molecule has 2 aromatic carbocycles. The first-order chi connectivity index (χ1) is 14.2. The van der Waals surface area contributed by atoms with E-state index in [1.165, 1.54) is 11.0 Å². The van der Waals surface area contributed by atoms with Crippen LogP contribution in [0.4, 0.5) is 5.69 Å². The molecule has 2 heterocycles. The Morgan fingerprint density at radius 2 is 1.79 bits per heavy atom. The fourth-order valence-corrected chi connectivity index (χ4v) is 2.91. The number of anilines is 1. The number of hydrogen-bond acceptors (Lipinski definition) is 7. The molecule has 9 nitrogen and oxygen atoms in total. The second-order valence-electron chi connectivity index (χ2n) is 6.48. The number of benzene rings is 2. The summed E-state index contributed by atoms with van der Waals surface area (Å²) in [4.78, 5) is 24.6. The van der Waals surface area contributed by atoms with Crippen LogP contribution in [-0.2, 0) is 4.79 Å². The highest BCUT2D eigenvalue weighted by molar-refractivity contribution is 6.00. The lowest BCUT2D eigenvalue weighted by atomic mass is 10.1. The average molecular weight is 393 g/mol. The number of ether oxygens (including phenoxy) is 2. The van der Waals surface area contributed by atoms with Crippen LogP contribution in [0.1, 0.15) is 29.6 Å². The molecule has 1 aliphatic rings. The first-order valence-corrected chi connectivity index (χ1v) is 9.25. The number of tetrazole rings is 1. The van der Waals surface area contributed by atoms with Gasteiger partial charge in [0.25, 0.3) is 0 Å².